The van der Waals surface area contributed by atoms with Crippen LogP contribution >= 0.6 is 0 Å². The smallest absolute Gasteiger partial charge is 0.156 e. The minimum atomic E-state index is 0.685. The highest BCUT2D eigenvalue weighted by Crippen LogP contribution is 2.36. The molecular formula is C23H26N4O. The van der Waals surface area contributed by atoms with Gasteiger partial charge in [0, 0.05) is 31.6 Å². The molecular weight excluding hydrogens is 348 g/mol. The van der Waals surface area contributed by atoms with Gasteiger partial charge in [0.2, 0.25) is 0 Å². The van der Waals surface area contributed by atoms with Crippen molar-refractivity contribution in [3.05, 3.63) is 66.0 Å². The van der Waals surface area contributed by atoms with Gasteiger partial charge in [-0.05, 0) is 36.5 Å². The molecule has 0 amide bonds. The van der Waals surface area contributed by atoms with Crippen LogP contribution in [0, 0.1) is 5.92 Å². The fourth-order valence-corrected chi connectivity index (χ4v) is 3.88. The van der Waals surface area contributed by atoms with E-state index in [4.69, 9.17) is 14.8 Å². The monoisotopic (exact) mass is 374 g/mol. The maximum atomic E-state index is 5.43. The molecule has 5 heteroatoms. The molecule has 2 aromatic heterocycles. The van der Waals surface area contributed by atoms with Crippen molar-refractivity contribution in [3.8, 4) is 11.3 Å². The molecule has 5 rings (SSSR count). The number of hydrogen-bond donors (Lipinski definition) is 0. The summed E-state index contributed by atoms with van der Waals surface area (Å²) in [6.07, 6.45) is 3.33. The Balaban J connectivity index is 1.37. The van der Waals surface area contributed by atoms with Gasteiger partial charge in [0.05, 0.1) is 18.9 Å². The van der Waals surface area contributed by atoms with Gasteiger partial charge in [-0.2, -0.15) is 5.10 Å². The van der Waals surface area contributed by atoms with Crippen LogP contribution in [0.15, 0.2) is 54.6 Å². The second-order valence-electron chi connectivity index (χ2n) is 7.90. The SMILES string of the molecule is C=C(Cc1nc2cccc(-c3ccc(CN4CCOCC4)cc3)n2n1)C1CC1. The summed E-state index contributed by atoms with van der Waals surface area (Å²) < 4.78 is 7.40. The van der Waals surface area contributed by atoms with Gasteiger partial charge in [0.15, 0.2) is 11.5 Å². The van der Waals surface area contributed by atoms with E-state index in [1.165, 1.54) is 24.0 Å². The predicted octanol–water partition coefficient (Wildman–Crippen LogP) is 3.74. The number of morpholine rings is 1. The van der Waals surface area contributed by atoms with Gasteiger partial charge in [-0.15, -0.1) is 0 Å². The van der Waals surface area contributed by atoms with E-state index in [1.807, 2.05) is 10.6 Å². The predicted molar refractivity (Wildman–Crippen MR) is 110 cm³/mol. The van der Waals surface area contributed by atoms with Gasteiger partial charge in [-0.25, -0.2) is 9.50 Å². The number of ether oxygens (including phenoxy) is 1. The van der Waals surface area contributed by atoms with Crippen LogP contribution in [0.1, 0.15) is 24.2 Å². The fourth-order valence-electron chi connectivity index (χ4n) is 3.88. The fraction of sp³-hybridized carbons (Fsp3) is 0.391. The van der Waals surface area contributed by atoms with E-state index >= 15 is 0 Å². The molecule has 144 valence electrons. The molecule has 2 fully saturated rings. The normalized spacial score (nSPS) is 17.9. The first-order valence-electron chi connectivity index (χ1n) is 10.2. The summed E-state index contributed by atoms with van der Waals surface area (Å²) in [5, 5.41) is 4.78. The average Bonchev–Trinajstić information content (AvgIpc) is 3.49. The highest BCUT2D eigenvalue weighted by Gasteiger charge is 2.25. The van der Waals surface area contributed by atoms with Crippen molar-refractivity contribution in [1.29, 1.82) is 0 Å². The number of allylic oxidation sites excluding steroid dienone is 1. The highest BCUT2D eigenvalue weighted by molar-refractivity contribution is 5.63. The number of pyridine rings is 1. The molecule has 0 unspecified atom stereocenters. The van der Waals surface area contributed by atoms with E-state index in [2.05, 4.69) is 47.9 Å². The van der Waals surface area contributed by atoms with Crippen LogP contribution in [-0.2, 0) is 17.7 Å². The lowest BCUT2D eigenvalue weighted by atomic mass is 10.1. The second-order valence-corrected chi connectivity index (χ2v) is 7.90. The van der Waals surface area contributed by atoms with Crippen molar-refractivity contribution >= 4 is 5.65 Å². The number of aromatic nitrogens is 3. The molecule has 3 heterocycles. The molecule has 1 saturated heterocycles. The standard InChI is InChI=1S/C23H26N4O/c1-17(19-9-10-19)15-22-24-23-4-2-3-21(27(23)25-22)20-7-5-18(6-8-20)16-26-11-13-28-14-12-26/h2-8,19H,1,9-16H2. The molecule has 5 nitrogen and oxygen atoms in total. The summed E-state index contributed by atoms with van der Waals surface area (Å²) >= 11 is 0. The zero-order chi connectivity index (χ0) is 18.9. The largest absolute Gasteiger partial charge is 0.379 e. The van der Waals surface area contributed by atoms with Gasteiger partial charge < -0.3 is 4.74 Å². The molecule has 1 aliphatic heterocycles. The zero-order valence-electron chi connectivity index (χ0n) is 16.2. The summed E-state index contributed by atoms with van der Waals surface area (Å²) in [5.41, 5.74) is 5.73. The van der Waals surface area contributed by atoms with E-state index < -0.39 is 0 Å². The maximum absolute atomic E-state index is 5.43. The Morgan fingerprint density at radius 2 is 1.86 bits per heavy atom. The maximum Gasteiger partial charge on any atom is 0.156 e. The third-order valence-electron chi connectivity index (χ3n) is 5.70. The van der Waals surface area contributed by atoms with Crippen LogP contribution in [-0.4, -0.2) is 45.8 Å². The zero-order valence-corrected chi connectivity index (χ0v) is 16.2. The summed E-state index contributed by atoms with van der Waals surface area (Å²) in [5.74, 6) is 1.55. The van der Waals surface area contributed by atoms with E-state index in [9.17, 15) is 0 Å². The van der Waals surface area contributed by atoms with Crippen LogP contribution in [0.5, 0.6) is 0 Å². The van der Waals surface area contributed by atoms with Gasteiger partial charge in [0.25, 0.3) is 0 Å². The van der Waals surface area contributed by atoms with Crippen LogP contribution in [0.25, 0.3) is 16.9 Å². The molecule has 1 aliphatic carbocycles. The number of rotatable bonds is 6. The Hall–Kier alpha value is -2.50. The first-order valence-corrected chi connectivity index (χ1v) is 10.2. The molecule has 0 N–H and O–H groups in total. The lowest BCUT2D eigenvalue weighted by Gasteiger charge is -2.26. The van der Waals surface area contributed by atoms with E-state index in [0.29, 0.717) is 5.92 Å². The van der Waals surface area contributed by atoms with Crippen LogP contribution in [0.2, 0.25) is 0 Å². The lowest BCUT2D eigenvalue weighted by molar-refractivity contribution is 0.0342. The molecule has 2 aliphatic rings. The summed E-state index contributed by atoms with van der Waals surface area (Å²) in [6.45, 7) is 8.88. The van der Waals surface area contributed by atoms with Gasteiger partial charge in [0.1, 0.15) is 0 Å². The number of nitrogens with zero attached hydrogens (tertiary/aromatic N) is 4. The van der Waals surface area contributed by atoms with Gasteiger partial charge in [-0.3, -0.25) is 4.90 Å². The summed E-state index contributed by atoms with van der Waals surface area (Å²) in [6, 6.07) is 15.0. The van der Waals surface area contributed by atoms with E-state index in [1.54, 1.807) is 0 Å². The number of benzene rings is 1. The third kappa shape index (κ3) is 3.73. The van der Waals surface area contributed by atoms with E-state index in [0.717, 1.165) is 62.0 Å². The average molecular weight is 374 g/mol. The summed E-state index contributed by atoms with van der Waals surface area (Å²) in [7, 11) is 0. The Morgan fingerprint density at radius 3 is 2.61 bits per heavy atom. The van der Waals surface area contributed by atoms with Crippen molar-refractivity contribution in [2.75, 3.05) is 26.3 Å². The van der Waals surface area contributed by atoms with E-state index in [-0.39, 0.29) is 0 Å². The van der Waals surface area contributed by atoms with Crippen molar-refractivity contribution < 1.29 is 4.74 Å². The molecule has 0 spiro atoms. The Morgan fingerprint density at radius 1 is 1.07 bits per heavy atom. The topological polar surface area (TPSA) is 42.7 Å². The molecule has 1 saturated carbocycles. The van der Waals surface area contributed by atoms with Gasteiger partial charge >= 0.3 is 0 Å². The van der Waals surface area contributed by atoms with Crippen molar-refractivity contribution in [3.63, 3.8) is 0 Å². The number of fused-ring (bicyclic) bond motifs is 1. The Kier molecular flexibility index (Phi) is 4.71. The Bertz CT molecular complexity index is 982. The minimum absolute atomic E-state index is 0.685. The quantitative estimate of drug-likeness (QED) is 0.617. The molecule has 28 heavy (non-hydrogen) atoms. The molecule has 1 aromatic carbocycles. The van der Waals surface area contributed by atoms with Crippen LogP contribution in [0.4, 0.5) is 0 Å². The second kappa shape index (κ2) is 7.49. The highest BCUT2D eigenvalue weighted by atomic mass is 16.5. The lowest BCUT2D eigenvalue weighted by Crippen LogP contribution is -2.35. The van der Waals surface area contributed by atoms with Crippen molar-refractivity contribution in [1.82, 2.24) is 19.5 Å². The van der Waals surface area contributed by atoms with Crippen LogP contribution < -0.4 is 0 Å². The minimum Gasteiger partial charge on any atom is -0.379 e. The molecule has 0 atom stereocenters. The molecule has 3 aromatic rings. The van der Waals surface area contributed by atoms with Crippen LogP contribution in [0.3, 0.4) is 0 Å². The third-order valence-corrected chi connectivity index (χ3v) is 5.70. The van der Waals surface area contributed by atoms with Crippen molar-refractivity contribution in [2.24, 2.45) is 5.92 Å². The number of hydrogen-bond acceptors (Lipinski definition) is 4. The molecule has 0 bridgehead atoms. The summed E-state index contributed by atoms with van der Waals surface area (Å²) in [4.78, 5) is 7.16. The van der Waals surface area contributed by atoms with Crippen molar-refractivity contribution in [2.45, 2.75) is 25.8 Å². The first-order chi connectivity index (χ1) is 13.8. The molecule has 0 radical (unpaired) electrons. The Labute approximate surface area is 165 Å². The van der Waals surface area contributed by atoms with Gasteiger partial charge in [-0.1, -0.05) is 42.5 Å². The first kappa shape index (κ1) is 17.6.